The maximum atomic E-state index is 13.0. The summed E-state index contributed by atoms with van der Waals surface area (Å²) >= 11 is 6.00. The minimum Gasteiger partial charge on any atom is -0.494 e. The van der Waals surface area contributed by atoms with Crippen LogP contribution >= 0.6 is 11.6 Å². The number of barbiturate groups is 1. The van der Waals surface area contributed by atoms with E-state index < -0.39 is 30.4 Å². The normalized spacial score (nSPS) is 15.1. The lowest BCUT2D eigenvalue weighted by Gasteiger charge is -2.26. The molecule has 0 radical (unpaired) electrons. The Morgan fingerprint density at radius 3 is 2.48 bits per heavy atom. The molecule has 0 saturated carbocycles. The van der Waals surface area contributed by atoms with Crippen LogP contribution in [0.5, 0.6) is 11.5 Å². The van der Waals surface area contributed by atoms with Gasteiger partial charge in [-0.2, -0.15) is 0 Å². The zero-order valence-electron chi connectivity index (χ0n) is 16.3. The minimum absolute atomic E-state index is 0.101. The number of amides is 4. The number of carboxylic acid groups (broad SMARTS) is 1. The number of hydrogen-bond acceptors (Lipinski definition) is 6. The number of ether oxygens (including phenoxy) is 2. The number of nitrogens with zero attached hydrogens (tertiary/aromatic N) is 1. The summed E-state index contributed by atoms with van der Waals surface area (Å²) in [7, 11) is 0. The van der Waals surface area contributed by atoms with E-state index in [0.717, 1.165) is 4.90 Å². The van der Waals surface area contributed by atoms with E-state index in [4.69, 9.17) is 26.2 Å². The number of halogens is 1. The lowest BCUT2D eigenvalue weighted by molar-refractivity contribution is -0.139. The van der Waals surface area contributed by atoms with Crippen LogP contribution in [0.25, 0.3) is 6.08 Å². The largest absolute Gasteiger partial charge is 0.494 e. The zero-order valence-corrected chi connectivity index (χ0v) is 17.0. The van der Waals surface area contributed by atoms with Gasteiger partial charge in [-0.3, -0.25) is 14.9 Å². The molecule has 1 fully saturated rings. The fourth-order valence-corrected chi connectivity index (χ4v) is 2.99. The number of benzene rings is 2. The van der Waals surface area contributed by atoms with Crippen molar-refractivity contribution in [2.24, 2.45) is 0 Å². The summed E-state index contributed by atoms with van der Waals surface area (Å²) < 4.78 is 10.5. The van der Waals surface area contributed by atoms with Gasteiger partial charge < -0.3 is 14.6 Å². The first-order chi connectivity index (χ1) is 14.8. The smallest absolute Gasteiger partial charge is 0.341 e. The molecule has 1 saturated heterocycles. The molecule has 9 nitrogen and oxygen atoms in total. The van der Waals surface area contributed by atoms with E-state index in [1.807, 2.05) is 6.92 Å². The van der Waals surface area contributed by atoms with E-state index >= 15 is 0 Å². The van der Waals surface area contributed by atoms with Gasteiger partial charge in [0.05, 0.1) is 12.3 Å². The second kappa shape index (κ2) is 9.31. The Hall–Kier alpha value is -3.85. The van der Waals surface area contributed by atoms with Crippen LogP contribution in [0, 0.1) is 0 Å². The van der Waals surface area contributed by atoms with E-state index in [0.29, 0.717) is 12.4 Å². The highest BCUT2D eigenvalue weighted by atomic mass is 35.5. The van der Waals surface area contributed by atoms with Crippen molar-refractivity contribution < 1.29 is 33.8 Å². The molecule has 2 N–H and O–H groups in total. The molecule has 10 heteroatoms. The van der Waals surface area contributed by atoms with Crippen molar-refractivity contribution in [3.63, 3.8) is 0 Å². The number of carbonyl (C=O) groups is 4. The number of carboxylic acids is 1. The number of aliphatic carboxylic acids is 1. The van der Waals surface area contributed by atoms with Crippen LogP contribution in [0.4, 0.5) is 10.5 Å². The molecule has 1 aliphatic rings. The maximum Gasteiger partial charge on any atom is 0.341 e. The molecule has 31 heavy (non-hydrogen) atoms. The van der Waals surface area contributed by atoms with Gasteiger partial charge in [0.25, 0.3) is 11.8 Å². The molecule has 0 aromatic heterocycles. The van der Waals surface area contributed by atoms with Crippen molar-refractivity contribution in [1.29, 1.82) is 0 Å². The van der Waals surface area contributed by atoms with Crippen molar-refractivity contribution in [2.45, 2.75) is 6.92 Å². The van der Waals surface area contributed by atoms with E-state index in [1.165, 1.54) is 36.4 Å². The number of anilines is 1. The van der Waals surface area contributed by atoms with Gasteiger partial charge in [0.1, 0.15) is 17.1 Å². The van der Waals surface area contributed by atoms with E-state index in [9.17, 15) is 19.2 Å². The maximum absolute atomic E-state index is 13.0. The topological polar surface area (TPSA) is 122 Å². The van der Waals surface area contributed by atoms with Crippen LogP contribution in [0.2, 0.25) is 5.02 Å². The Bertz CT molecular complexity index is 1080. The van der Waals surface area contributed by atoms with Gasteiger partial charge in [-0.15, -0.1) is 0 Å². The molecule has 160 valence electrons. The first kappa shape index (κ1) is 21.8. The third kappa shape index (κ3) is 5.01. The lowest BCUT2D eigenvalue weighted by atomic mass is 10.1. The average molecular weight is 445 g/mol. The predicted molar refractivity (Wildman–Crippen MR) is 111 cm³/mol. The first-order valence-corrected chi connectivity index (χ1v) is 9.46. The number of hydrogen-bond donors (Lipinski definition) is 2. The molecule has 0 unspecified atom stereocenters. The van der Waals surface area contributed by atoms with Crippen LogP contribution in [0.3, 0.4) is 0 Å². The highest BCUT2D eigenvalue weighted by molar-refractivity contribution is 6.39. The van der Waals surface area contributed by atoms with Crippen LogP contribution in [0.15, 0.2) is 48.0 Å². The zero-order chi connectivity index (χ0) is 22.5. The summed E-state index contributed by atoms with van der Waals surface area (Å²) in [6.07, 6.45) is 1.19. The molecular weight excluding hydrogens is 428 g/mol. The summed E-state index contributed by atoms with van der Waals surface area (Å²) in [5, 5.41) is 11.2. The molecule has 2 aromatic rings. The molecule has 0 spiro atoms. The summed E-state index contributed by atoms with van der Waals surface area (Å²) in [5.74, 6) is -2.30. The molecule has 0 aliphatic carbocycles. The molecule has 0 bridgehead atoms. The molecular formula is C21H17ClN2O7. The second-order valence-electron chi connectivity index (χ2n) is 6.25. The summed E-state index contributed by atoms with van der Waals surface area (Å²) in [6, 6.07) is 9.60. The van der Waals surface area contributed by atoms with Gasteiger partial charge in [0.15, 0.2) is 6.61 Å². The van der Waals surface area contributed by atoms with Crippen molar-refractivity contribution in [3.05, 3.63) is 58.6 Å². The number of carbonyl (C=O) groups excluding carboxylic acids is 3. The highest BCUT2D eigenvalue weighted by Crippen LogP contribution is 2.28. The molecule has 4 amide bonds. The first-order valence-electron chi connectivity index (χ1n) is 9.08. The van der Waals surface area contributed by atoms with Gasteiger partial charge in [-0.25, -0.2) is 14.5 Å². The summed E-state index contributed by atoms with van der Waals surface area (Å²) in [4.78, 5) is 49.3. The SMILES string of the molecule is CCOc1ccc(N2C(=O)NC(=O)/C(=C\c3cc(Cl)ccc3OCC(=O)O)C2=O)cc1. The van der Waals surface area contributed by atoms with E-state index in [2.05, 4.69) is 5.32 Å². The van der Waals surface area contributed by atoms with Crippen molar-refractivity contribution in [3.8, 4) is 11.5 Å². The Morgan fingerprint density at radius 1 is 1.13 bits per heavy atom. The summed E-state index contributed by atoms with van der Waals surface area (Å²) in [6.45, 7) is 1.65. The third-order valence-corrected chi connectivity index (χ3v) is 4.37. The molecule has 2 aromatic carbocycles. The van der Waals surface area contributed by atoms with Gasteiger partial charge in [0.2, 0.25) is 0 Å². The monoisotopic (exact) mass is 444 g/mol. The Balaban J connectivity index is 1.97. The van der Waals surface area contributed by atoms with Crippen LogP contribution in [-0.2, 0) is 14.4 Å². The minimum atomic E-state index is -1.20. The van der Waals surface area contributed by atoms with Crippen molar-refractivity contribution in [1.82, 2.24) is 5.32 Å². The quantitative estimate of drug-likeness (QED) is 0.497. The van der Waals surface area contributed by atoms with Gasteiger partial charge in [-0.05, 0) is 55.5 Å². The van der Waals surface area contributed by atoms with Crippen molar-refractivity contribution >= 4 is 47.2 Å². The van der Waals surface area contributed by atoms with Gasteiger partial charge in [-0.1, -0.05) is 11.6 Å². The summed E-state index contributed by atoms with van der Waals surface area (Å²) in [5.41, 5.74) is 0.0852. The van der Waals surface area contributed by atoms with Crippen molar-refractivity contribution in [2.75, 3.05) is 18.1 Å². The standard InChI is InChI=1S/C21H17ClN2O7/c1-2-30-15-6-4-14(5-7-15)24-20(28)16(19(27)23-21(24)29)10-12-9-13(22)3-8-17(12)31-11-18(25)26/h3-10H,2,11H2,1H3,(H,25,26)(H,23,27,29)/b16-10+. The fourth-order valence-electron chi connectivity index (χ4n) is 2.81. The number of nitrogens with one attached hydrogen (secondary N) is 1. The molecule has 1 heterocycles. The van der Waals surface area contributed by atoms with E-state index in [1.54, 1.807) is 12.1 Å². The Labute approximate surface area is 181 Å². The van der Waals surface area contributed by atoms with Gasteiger partial charge >= 0.3 is 12.0 Å². The van der Waals surface area contributed by atoms with E-state index in [-0.39, 0.29) is 27.6 Å². The Kier molecular flexibility index (Phi) is 6.56. The number of rotatable bonds is 7. The predicted octanol–water partition coefficient (Wildman–Crippen LogP) is 2.87. The highest BCUT2D eigenvalue weighted by Gasteiger charge is 2.37. The van der Waals surface area contributed by atoms with Crippen LogP contribution in [0.1, 0.15) is 12.5 Å². The van der Waals surface area contributed by atoms with Crippen LogP contribution in [-0.4, -0.2) is 42.1 Å². The third-order valence-electron chi connectivity index (χ3n) is 4.13. The lowest BCUT2D eigenvalue weighted by Crippen LogP contribution is -2.54. The average Bonchev–Trinajstić information content (AvgIpc) is 2.71. The fraction of sp³-hybridized carbons (Fsp3) is 0.143. The molecule has 3 rings (SSSR count). The number of urea groups is 1. The van der Waals surface area contributed by atoms with Gasteiger partial charge in [0, 0.05) is 10.6 Å². The molecule has 0 atom stereocenters. The Morgan fingerprint density at radius 2 is 1.84 bits per heavy atom. The number of imide groups is 2. The second-order valence-corrected chi connectivity index (χ2v) is 6.69. The molecule has 1 aliphatic heterocycles. The van der Waals surface area contributed by atoms with Crippen LogP contribution < -0.4 is 19.7 Å².